The van der Waals surface area contributed by atoms with Gasteiger partial charge in [-0.3, -0.25) is 9.69 Å². The van der Waals surface area contributed by atoms with Gasteiger partial charge in [0.15, 0.2) is 0 Å². The molecule has 0 aliphatic carbocycles. The number of fused-ring (bicyclic) bond motifs is 1. The van der Waals surface area contributed by atoms with Gasteiger partial charge in [-0.1, -0.05) is 11.6 Å². The van der Waals surface area contributed by atoms with Crippen molar-refractivity contribution >= 4 is 48.0 Å². The number of nitrogen functional groups attached to an aromatic ring is 1. The fourth-order valence-electron chi connectivity index (χ4n) is 3.91. The van der Waals surface area contributed by atoms with Crippen LogP contribution in [-0.4, -0.2) is 61.8 Å². The molecule has 10 heteroatoms. The molecule has 0 bridgehead atoms. The van der Waals surface area contributed by atoms with Crippen molar-refractivity contribution in [1.29, 1.82) is 0 Å². The summed E-state index contributed by atoms with van der Waals surface area (Å²) < 4.78 is 11.6. The maximum absolute atomic E-state index is 13.0. The normalized spacial score (nSPS) is 22.7. The van der Waals surface area contributed by atoms with Gasteiger partial charge in [0.1, 0.15) is 11.4 Å². The molecule has 0 spiro atoms. The van der Waals surface area contributed by atoms with Crippen molar-refractivity contribution in [2.75, 3.05) is 39.0 Å². The lowest BCUT2D eigenvalue weighted by Gasteiger charge is -2.38. The van der Waals surface area contributed by atoms with Crippen LogP contribution in [0, 0.1) is 0 Å². The van der Waals surface area contributed by atoms with Gasteiger partial charge in [-0.25, -0.2) is 0 Å². The number of likely N-dealkylation sites (tertiary alicyclic amines) is 1. The highest BCUT2D eigenvalue weighted by atomic mass is 35.5. The Morgan fingerprint density at radius 3 is 2.76 bits per heavy atom. The number of hydrogen-bond acceptors (Lipinski definition) is 6. The number of halogens is 3. The summed E-state index contributed by atoms with van der Waals surface area (Å²) in [5.74, 6) is 0.319. The van der Waals surface area contributed by atoms with Crippen LogP contribution in [0.5, 0.6) is 5.75 Å². The Kier molecular flexibility index (Phi) is 9.33. The second-order valence-corrected chi connectivity index (χ2v) is 8.31. The minimum Gasteiger partial charge on any atom is -0.486 e. The van der Waals surface area contributed by atoms with Gasteiger partial charge in [0, 0.05) is 45.3 Å². The fraction of sp³-hybridized carbons (Fsp3) is 0.632. The number of amides is 1. The summed E-state index contributed by atoms with van der Waals surface area (Å²) in [6, 6.07) is 1.51. The zero-order valence-electron chi connectivity index (χ0n) is 17.0. The second-order valence-electron chi connectivity index (χ2n) is 7.90. The van der Waals surface area contributed by atoms with E-state index in [1.165, 1.54) is 0 Å². The number of carbonyl (C=O) groups is 1. The maximum atomic E-state index is 13.0. The molecule has 1 saturated heterocycles. The Balaban J connectivity index is 0.00000210. The predicted molar refractivity (Wildman–Crippen MR) is 121 cm³/mol. The molecule has 2 aliphatic heterocycles. The lowest BCUT2D eigenvalue weighted by molar-refractivity contribution is 0.00731. The Labute approximate surface area is 189 Å². The van der Waals surface area contributed by atoms with Gasteiger partial charge < -0.3 is 26.3 Å². The summed E-state index contributed by atoms with van der Waals surface area (Å²) in [7, 11) is 1.67. The van der Waals surface area contributed by atoms with E-state index in [1.54, 1.807) is 13.2 Å². The second kappa shape index (κ2) is 10.4. The van der Waals surface area contributed by atoms with Crippen molar-refractivity contribution in [3.63, 3.8) is 0 Å². The lowest BCUT2D eigenvalue weighted by atomic mass is 9.97. The predicted octanol–water partition coefficient (Wildman–Crippen LogP) is 2.26. The molecule has 0 saturated carbocycles. The van der Waals surface area contributed by atoms with E-state index in [1.807, 2.05) is 13.8 Å². The van der Waals surface area contributed by atoms with Crippen LogP contribution in [0.2, 0.25) is 5.02 Å². The standard InChI is InChI=1S/C19H29ClN4O3.2ClH/c1-19(2)9-12-16(22)13(20)8-11(17(12)27-19)18(25)23-14-4-6-24(7-5-21)10-15(14)26-3;;/h8,14-15H,4-7,9-10,21-22H2,1-3H3,(H,23,25);2*1H/t14-,15+;;/m0../s1. The Hall–Kier alpha value is -0.960. The molecule has 3 rings (SSSR count). The largest absolute Gasteiger partial charge is 0.486 e. The van der Waals surface area contributed by atoms with Crippen molar-refractivity contribution in [2.24, 2.45) is 5.73 Å². The first kappa shape index (κ1) is 26.1. The SMILES string of the molecule is CO[C@@H]1CN(CCN)CC[C@@H]1NC(=O)c1cc(Cl)c(N)c2c1OC(C)(C)C2.Cl.Cl. The molecule has 7 nitrogen and oxygen atoms in total. The van der Waals surface area contributed by atoms with Gasteiger partial charge in [-0.05, 0) is 26.3 Å². The molecule has 1 aromatic carbocycles. The summed E-state index contributed by atoms with van der Waals surface area (Å²) in [6.07, 6.45) is 1.32. The first-order valence-electron chi connectivity index (χ1n) is 9.31. The number of rotatable bonds is 5. The van der Waals surface area contributed by atoms with E-state index in [2.05, 4.69) is 10.2 Å². The molecular weight excluding hydrogens is 439 g/mol. The summed E-state index contributed by atoms with van der Waals surface area (Å²) in [6.45, 7) is 6.97. The molecule has 0 radical (unpaired) electrons. The molecule has 1 amide bonds. The van der Waals surface area contributed by atoms with Crippen LogP contribution in [-0.2, 0) is 11.2 Å². The zero-order valence-corrected chi connectivity index (χ0v) is 19.4. The molecule has 1 fully saturated rings. The number of piperidine rings is 1. The molecule has 0 unspecified atom stereocenters. The molecule has 0 aromatic heterocycles. The average Bonchev–Trinajstić information content (AvgIpc) is 2.95. The van der Waals surface area contributed by atoms with Gasteiger partial charge in [0.25, 0.3) is 5.91 Å². The van der Waals surface area contributed by atoms with Crippen molar-refractivity contribution in [2.45, 2.75) is 44.4 Å². The topological polar surface area (TPSA) is 103 Å². The van der Waals surface area contributed by atoms with E-state index in [0.29, 0.717) is 35.0 Å². The Morgan fingerprint density at radius 1 is 1.45 bits per heavy atom. The molecule has 2 heterocycles. The third-order valence-electron chi connectivity index (χ3n) is 5.31. The highest BCUT2D eigenvalue weighted by molar-refractivity contribution is 6.33. The van der Waals surface area contributed by atoms with E-state index >= 15 is 0 Å². The molecule has 1 aromatic rings. The molecule has 2 aliphatic rings. The van der Waals surface area contributed by atoms with Crippen LogP contribution < -0.4 is 21.5 Å². The number of methoxy groups -OCH3 is 1. The average molecular weight is 470 g/mol. The molecule has 166 valence electrons. The van der Waals surface area contributed by atoms with Crippen molar-refractivity contribution < 1.29 is 14.3 Å². The van der Waals surface area contributed by atoms with E-state index in [9.17, 15) is 4.79 Å². The van der Waals surface area contributed by atoms with E-state index in [-0.39, 0.29) is 42.9 Å². The van der Waals surface area contributed by atoms with E-state index in [4.69, 9.17) is 32.5 Å². The van der Waals surface area contributed by atoms with E-state index in [0.717, 1.165) is 31.6 Å². The molecular formula is C19H31Cl3N4O3. The van der Waals surface area contributed by atoms with Crippen LogP contribution in [0.3, 0.4) is 0 Å². The third-order valence-corrected chi connectivity index (χ3v) is 5.62. The fourth-order valence-corrected chi connectivity index (χ4v) is 4.14. The molecule has 5 N–H and O–H groups in total. The van der Waals surface area contributed by atoms with Crippen LogP contribution in [0.4, 0.5) is 5.69 Å². The smallest absolute Gasteiger partial charge is 0.255 e. The van der Waals surface area contributed by atoms with Crippen molar-refractivity contribution in [3.8, 4) is 5.75 Å². The van der Waals surface area contributed by atoms with Crippen molar-refractivity contribution in [3.05, 3.63) is 22.2 Å². The lowest BCUT2D eigenvalue weighted by Crippen LogP contribution is -2.55. The number of nitrogens with zero attached hydrogens (tertiary/aromatic N) is 1. The maximum Gasteiger partial charge on any atom is 0.255 e. The summed E-state index contributed by atoms with van der Waals surface area (Å²) in [4.78, 5) is 15.3. The van der Waals surface area contributed by atoms with Crippen LogP contribution >= 0.6 is 36.4 Å². The highest BCUT2D eigenvalue weighted by Crippen LogP contribution is 2.44. The monoisotopic (exact) mass is 468 g/mol. The number of ether oxygens (including phenoxy) is 2. The van der Waals surface area contributed by atoms with Crippen LogP contribution in [0.25, 0.3) is 0 Å². The van der Waals surface area contributed by atoms with Crippen LogP contribution in [0.1, 0.15) is 36.2 Å². The summed E-state index contributed by atoms with van der Waals surface area (Å²) >= 11 is 6.28. The number of carbonyl (C=O) groups excluding carboxylic acids is 1. The highest BCUT2D eigenvalue weighted by Gasteiger charge is 2.37. The summed E-state index contributed by atoms with van der Waals surface area (Å²) in [5, 5.41) is 3.48. The number of hydrogen-bond donors (Lipinski definition) is 3. The Bertz CT molecular complexity index is 733. The number of nitrogens with two attached hydrogens (primary N) is 2. The van der Waals surface area contributed by atoms with Gasteiger partial charge in [0.05, 0.1) is 28.4 Å². The number of benzene rings is 1. The Morgan fingerprint density at radius 2 is 2.14 bits per heavy atom. The van der Waals surface area contributed by atoms with Crippen molar-refractivity contribution in [1.82, 2.24) is 10.2 Å². The molecule has 29 heavy (non-hydrogen) atoms. The minimum atomic E-state index is -0.418. The zero-order chi connectivity index (χ0) is 19.8. The quantitative estimate of drug-likeness (QED) is 0.572. The van der Waals surface area contributed by atoms with Gasteiger partial charge >= 0.3 is 0 Å². The first-order valence-corrected chi connectivity index (χ1v) is 9.69. The van der Waals surface area contributed by atoms with Gasteiger partial charge in [0.2, 0.25) is 0 Å². The minimum absolute atomic E-state index is 0. The van der Waals surface area contributed by atoms with Crippen LogP contribution in [0.15, 0.2) is 6.07 Å². The summed E-state index contributed by atoms with van der Waals surface area (Å²) in [5.41, 5.74) is 13.1. The van der Waals surface area contributed by atoms with Gasteiger partial charge in [-0.2, -0.15) is 0 Å². The first-order chi connectivity index (χ1) is 12.8. The number of anilines is 1. The molecule has 2 atom stereocenters. The third kappa shape index (κ3) is 5.60. The number of nitrogens with one attached hydrogen (secondary N) is 1. The van der Waals surface area contributed by atoms with Gasteiger partial charge in [-0.15, -0.1) is 24.8 Å². The van der Waals surface area contributed by atoms with E-state index < -0.39 is 5.60 Å².